The van der Waals surface area contributed by atoms with E-state index in [-0.39, 0.29) is 11.8 Å². The molecule has 0 aliphatic heterocycles. The predicted molar refractivity (Wildman–Crippen MR) is 91.6 cm³/mol. The lowest BCUT2D eigenvalue weighted by atomic mass is 9.95. The first-order valence-electron chi connectivity index (χ1n) is 7.76. The van der Waals surface area contributed by atoms with Gasteiger partial charge in [-0.25, -0.2) is 4.79 Å². The summed E-state index contributed by atoms with van der Waals surface area (Å²) in [6, 6.07) is 6.76. The number of nitrogens with one attached hydrogen (secondary N) is 1. The van der Waals surface area contributed by atoms with Gasteiger partial charge in [0.2, 0.25) is 5.91 Å². The second kappa shape index (κ2) is 7.03. The summed E-state index contributed by atoms with van der Waals surface area (Å²) in [6.07, 6.45) is 0. The van der Waals surface area contributed by atoms with Gasteiger partial charge in [0, 0.05) is 24.6 Å². The number of benzene rings is 1. The largest absolute Gasteiger partial charge is 0.480 e. The van der Waals surface area contributed by atoms with Gasteiger partial charge in [0.05, 0.1) is 0 Å². The smallest absolute Gasteiger partial charge is 0.329 e. The zero-order valence-electron chi connectivity index (χ0n) is 15.1. The van der Waals surface area contributed by atoms with Gasteiger partial charge in [-0.2, -0.15) is 0 Å². The number of carbonyl (C=O) groups is 3. The quantitative estimate of drug-likeness (QED) is 0.865. The molecule has 0 radical (unpaired) electrons. The molecule has 0 aromatic heterocycles. The molecule has 0 atom stereocenters. The summed E-state index contributed by atoms with van der Waals surface area (Å²) in [4.78, 5) is 36.7. The van der Waals surface area contributed by atoms with E-state index in [1.165, 1.54) is 25.8 Å². The minimum absolute atomic E-state index is 0.0504. The first-order chi connectivity index (χ1) is 10.9. The van der Waals surface area contributed by atoms with E-state index in [2.05, 4.69) is 5.32 Å². The molecule has 0 bridgehead atoms. The van der Waals surface area contributed by atoms with Crippen LogP contribution < -0.4 is 5.32 Å². The molecule has 0 heterocycles. The van der Waals surface area contributed by atoms with Crippen molar-refractivity contribution in [1.29, 1.82) is 0 Å². The number of carboxylic acid groups (broad SMARTS) is 1. The van der Waals surface area contributed by atoms with E-state index in [0.29, 0.717) is 12.1 Å². The molecule has 6 heteroatoms. The lowest BCUT2D eigenvalue weighted by Crippen LogP contribution is -2.50. The van der Waals surface area contributed by atoms with Crippen molar-refractivity contribution < 1.29 is 19.5 Å². The maximum atomic E-state index is 12.4. The van der Waals surface area contributed by atoms with Crippen molar-refractivity contribution >= 4 is 17.8 Å². The Bertz CT molecular complexity index is 627. The maximum Gasteiger partial charge on any atom is 0.329 e. The van der Waals surface area contributed by atoms with E-state index < -0.39 is 16.9 Å². The van der Waals surface area contributed by atoms with Crippen LogP contribution in [0.15, 0.2) is 24.3 Å². The average molecular weight is 334 g/mol. The molecule has 6 nitrogen and oxygen atoms in total. The van der Waals surface area contributed by atoms with Gasteiger partial charge in [-0.05, 0) is 31.5 Å². The molecule has 0 spiro atoms. The first-order valence-corrected chi connectivity index (χ1v) is 7.76. The monoisotopic (exact) mass is 334 g/mol. The summed E-state index contributed by atoms with van der Waals surface area (Å²) < 4.78 is 0. The molecule has 0 saturated heterocycles. The normalized spacial score (nSPS) is 11.8. The van der Waals surface area contributed by atoms with Crippen LogP contribution in [0, 0.1) is 5.41 Å². The third-order valence-electron chi connectivity index (χ3n) is 4.00. The minimum atomic E-state index is -1.30. The number of carboxylic acids is 1. The fourth-order valence-corrected chi connectivity index (χ4v) is 1.80. The van der Waals surface area contributed by atoms with Crippen LogP contribution in [0.4, 0.5) is 0 Å². The molecule has 24 heavy (non-hydrogen) atoms. The summed E-state index contributed by atoms with van der Waals surface area (Å²) in [5, 5.41) is 12.0. The van der Waals surface area contributed by atoms with E-state index >= 15 is 0 Å². The van der Waals surface area contributed by atoms with Gasteiger partial charge in [0.15, 0.2) is 0 Å². The van der Waals surface area contributed by atoms with Crippen LogP contribution in [-0.4, -0.2) is 40.4 Å². The molecule has 132 valence electrons. The fourth-order valence-electron chi connectivity index (χ4n) is 1.80. The number of amides is 2. The molecule has 0 aliphatic rings. The van der Waals surface area contributed by atoms with Crippen molar-refractivity contribution in [3.8, 4) is 0 Å². The van der Waals surface area contributed by atoms with Crippen LogP contribution >= 0.6 is 0 Å². The van der Waals surface area contributed by atoms with Crippen LogP contribution in [0.5, 0.6) is 0 Å². The van der Waals surface area contributed by atoms with E-state index in [9.17, 15) is 19.5 Å². The second-order valence-corrected chi connectivity index (χ2v) is 7.36. The molecule has 0 saturated carbocycles. The number of likely N-dealkylation sites (N-methyl/N-ethyl adjacent to an activating group) is 1. The van der Waals surface area contributed by atoms with Crippen molar-refractivity contribution in [1.82, 2.24) is 10.2 Å². The summed E-state index contributed by atoms with van der Waals surface area (Å²) in [5.74, 6) is -1.49. The van der Waals surface area contributed by atoms with Crippen LogP contribution in [0.2, 0.25) is 0 Å². The number of hydrogen-bond donors (Lipinski definition) is 2. The standard InChI is InChI=1S/C18H26N2O4/c1-17(2,3)15(22)19-11-12-7-9-13(10-8-12)14(21)20(6)18(4,5)16(23)24/h7-10H,11H2,1-6H3,(H,19,22)(H,23,24). The van der Waals surface area contributed by atoms with E-state index in [4.69, 9.17) is 0 Å². The first kappa shape index (κ1) is 19.7. The zero-order valence-corrected chi connectivity index (χ0v) is 15.1. The van der Waals surface area contributed by atoms with Crippen LogP contribution in [0.3, 0.4) is 0 Å². The molecular weight excluding hydrogens is 308 g/mol. The average Bonchev–Trinajstić information content (AvgIpc) is 2.50. The highest BCUT2D eigenvalue weighted by molar-refractivity contribution is 5.97. The molecule has 1 aromatic carbocycles. The highest BCUT2D eigenvalue weighted by atomic mass is 16.4. The van der Waals surface area contributed by atoms with E-state index in [1.54, 1.807) is 24.3 Å². The highest BCUT2D eigenvalue weighted by Crippen LogP contribution is 2.17. The van der Waals surface area contributed by atoms with Gasteiger partial charge in [-0.3, -0.25) is 9.59 Å². The van der Waals surface area contributed by atoms with E-state index in [1.807, 2.05) is 20.8 Å². The summed E-state index contributed by atoms with van der Waals surface area (Å²) in [7, 11) is 1.47. The number of rotatable bonds is 5. The van der Waals surface area contributed by atoms with Gasteiger partial charge < -0.3 is 15.3 Å². The Morgan fingerprint density at radius 2 is 1.54 bits per heavy atom. The lowest BCUT2D eigenvalue weighted by molar-refractivity contribution is -0.147. The summed E-state index contributed by atoms with van der Waals surface area (Å²) >= 11 is 0. The van der Waals surface area contributed by atoms with Crippen LogP contribution in [0.1, 0.15) is 50.5 Å². The number of carbonyl (C=O) groups excluding carboxylic acids is 2. The third kappa shape index (κ3) is 4.57. The molecular formula is C18H26N2O4. The molecule has 0 aliphatic carbocycles. The summed E-state index contributed by atoms with van der Waals surface area (Å²) in [5.41, 5.74) is -0.487. The Morgan fingerprint density at radius 1 is 1.04 bits per heavy atom. The van der Waals surface area contributed by atoms with Crippen molar-refractivity contribution in [2.45, 2.75) is 46.7 Å². The van der Waals surface area contributed by atoms with Crippen molar-refractivity contribution in [2.24, 2.45) is 5.41 Å². The lowest BCUT2D eigenvalue weighted by Gasteiger charge is -2.31. The Kier molecular flexibility index (Phi) is 5.76. The zero-order chi connectivity index (χ0) is 18.7. The maximum absolute atomic E-state index is 12.4. The van der Waals surface area contributed by atoms with Gasteiger partial charge in [0.1, 0.15) is 5.54 Å². The third-order valence-corrected chi connectivity index (χ3v) is 4.00. The van der Waals surface area contributed by atoms with Crippen molar-refractivity contribution in [3.05, 3.63) is 35.4 Å². The summed E-state index contributed by atoms with van der Waals surface area (Å²) in [6.45, 7) is 8.84. The van der Waals surface area contributed by atoms with Crippen LogP contribution in [-0.2, 0) is 16.1 Å². The molecule has 1 rings (SSSR count). The minimum Gasteiger partial charge on any atom is -0.480 e. The molecule has 0 unspecified atom stereocenters. The Hall–Kier alpha value is -2.37. The fraction of sp³-hybridized carbons (Fsp3) is 0.500. The molecule has 2 N–H and O–H groups in total. The van der Waals surface area contributed by atoms with Crippen LogP contribution in [0.25, 0.3) is 0 Å². The van der Waals surface area contributed by atoms with Gasteiger partial charge in [0.25, 0.3) is 5.91 Å². The number of aliphatic carboxylic acids is 1. The number of nitrogens with zero attached hydrogens (tertiary/aromatic N) is 1. The Morgan fingerprint density at radius 3 is 1.96 bits per heavy atom. The second-order valence-electron chi connectivity index (χ2n) is 7.36. The Balaban J connectivity index is 2.79. The van der Waals surface area contributed by atoms with Gasteiger partial charge >= 0.3 is 5.97 Å². The SMILES string of the molecule is CN(C(=O)c1ccc(CNC(=O)C(C)(C)C)cc1)C(C)(C)C(=O)O. The van der Waals surface area contributed by atoms with Gasteiger partial charge in [-0.15, -0.1) is 0 Å². The predicted octanol–water partition coefficient (Wildman–Crippen LogP) is 2.28. The molecule has 0 fully saturated rings. The highest BCUT2D eigenvalue weighted by Gasteiger charge is 2.35. The topological polar surface area (TPSA) is 86.7 Å². The molecule has 2 amide bonds. The van der Waals surface area contributed by atoms with Crippen molar-refractivity contribution in [3.63, 3.8) is 0 Å². The van der Waals surface area contributed by atoms with Crippen molar-refractivity contribution in [2.75, 3.05) is 7.05 Å². The van der Waals surface area contributed by atoms with E-state index in [0.717, 1.165) is 5.56 Å². The Labute approximate surface area is 142 Å². The van der Waals surface area contributed by atoms with Gasteiger partial charge in [-0.1, -0.05) is 32.9 Å². The number of hydrogen-bond acceptors (Lipinski definition) is 3. The molecule has 1 aromatic rings.